The molecule has 1 aliphatic carbocycles. The average molecular weight is 669 g/mol. The molecule has 1 aliphatic heterocycles. The Morgan fingerprint density at radius 1 is 1.11 bits per heavy atom. The molecule has 4 atom stereocenters. The van der Waals surface area contributed by atoms with E-state index in [4.69, 9.17) is 16.3 Å². The van der Waals surface area contributed by atoms with Gasteiger partial charge < -0.3 is 35.4 Å². The predicted octanol–water partition coefficient (Wildman–Crippen LogP) is 5.86. The topological polar surface area (TPSA) is 129 Å². The van der Waals surface area contributed by atoms with Crippen LogP contribution < -0.4 is 16.0 Å². The number of carbonyl (C=O) groups is 3. The van der Waals surface area contributed by atoms with Gasteiger partial charge in [0.05, 0.1) is 38.4 Å². The minimum atomic E-state index is -0.807. The number of hydrogen-bond donors (Lipinski definition) is 4. The summed E-state index contributed by atoms with van der Waals surface area (Å²) in [5.74, 6) is 0.830. The Morgan fingerprint density at radius 2 is 1.85 bits per heavy atom. The van der Waals surface area contributed by atoms with Gasteiger partial charge in [0.2, 0.25) is 12.3 Å². The van der Waals surface area contributed by atoms with Crippen molar-refractivity contribution < 1.29 is 29.0 Å². The Labute approximate surface area is 282 Å². The second-order valence-corrected chi connectivity index (χ2v) is 12.5. The number of unbranched alkanes of at least 4 members (excludes halogenated alkanes) is 1. The fourth-order valence-electron chi connectivity index (χ4n) is 6.07. The molecule has 1 saturated carbocycles. The minimum absolute atomic E-state index is 0.0177. The molecule has 0 bridgehead atoms. The highest BCUT2D eigenvalue weighted by Gasteiger charge is 2.28. The Hall–Kier alpha value is -2.40. The van der Waals surface area contributed by atoms with Crippen LogP contribution in [0.1, 0.15) is 103 Å². The van der Waals surface area contributed by atoms with E-state index in [1.165, 1.54) is 32.8 Å². The molecule has 1 aromatic carbocycles. The van der Waals surface area contributed by atoms with Gasteiger partial charge in [-0.2, -0.15) is 0 Å². The maximum absolute atomic E-state index is 11.7. The van der Waals surface area contributed by atoms with Gasteiger partial charge in [0.25, 0.3) is 0 Å². The summed E-state index contributed by atoms with van der Waals surface area (Å²) < 4.78 is 10.7. The molecule has 1 aromatic rings. The van der Waals surface area contributed by atoms with Crippen LogP contribution in [0.2, 0.25) is 5.02 Å². The first kappa shape index (κ1) is 41.6. The quantitative estimate of drug-likeness (QED) is 0.128. The molecule has 4 N–H and O–H groups in total. The van der Waals surface area contributed by atoms with Crippen LogP contribution in [0.4, 0.5) is 4.79 Å². The first-order chi connectivity index (χ1) is 22.3. The maximum atomic E-state index is 11.7. The number of benzene rings is 1. The van der Waals surface area contributed by atoms with Crippen molar-refractivity contribution in [2.45, 2.75) is 110 Å². The van der Waals surface area contributed by atoms with Crippen LogP contribution in [-0.2, 0) is 19.1 Å². The van der Waals surface area contributed by atoms with Crippen molar-refractivity contribution in [3.8, 4) is 0 Å². The summed E-state index contributed by atoms with van der Waals surface area (Å²) in [5, 5.41) is 19.1. The van der Waals surface area contributed by atoms with Crippen molar-refractivity contribution in [3.05, 3.63) is 34.9 Å². The molecule has 264 valence electrons. The van der Waals surface area contributed by atoms with Crippen molar-refractivity contribution in [1.29, 1.82) is 0 Å². The van der Waals surface area contributed by atoms with E-state index >= 15 is 0 Å². The molecule has 0 radical (unpaired) electrons. The molecule has 4 unspecified atom stereocenters. The lowest BCUT2D eigenvalue weighted by Gasteiger charge is -2.35. The number of hydrogen-bond acceptors (Lipinski definition) is 7. The first-order valence-electron chi connectivity index (χ1n) is 17.3. The standard InChI is InChI=1S/C17H25ClN2O3.C16H30N2O3.C2H6/c1-20-9-4-6-14(12-20)16(13-5-3-7-15(18)11-13)23-10-8-19-17(21)22-2;1-2-3-9-17-16(21)11-15(20)14(18-12-19)10-13-7-5-4-6-8-13;1-2/h3,5,7,11,14,16H,4,6,8-10,12H2,1-2H3,(H,19,21);12-15,20H,2-11H2,1H3,(H,17,21)(H,18,19);1-2H3. The zero-order valence-corrected chi connectivity index (χ0v) is 29.7. The first-order valence-corrected chi connectivity index (χ1v) is 17.7. The smallest absolute Gasteiger partial charge is 0.406 e. The molecule has 2 aliphatic rings. The number of alkyl carbamates (subject to hydrolysis) is 1. The van der Waals surface area contributed by atoms with E-state index < -0.39 is 12.2 Å². The predicted molar refractivity (Wildman–Crippen MR) is 185 cm³/mol. The molecular weight excluding hydrogens is 608 g/mol. The minimum Gasteiger partial charge on any atom is -0.453 e. The maximum Gasteiger partial charge on any atom is 0.406 e. The van der Waals surface area contributed by atoms with Crippen LogP contribution in [0.3, 0.4) is 0 Å². The highest BCUT2D eigenvalue weighted by molar-refractivity contribution is 6.30. The number of halogens is 1. The van der Waals surface area contributed by atoms with Gasteiger partial charge in [-0.1, -0.05) is 83.0 Å². The van der Waals surface area contributed by atoms with Crippen LogP contribution in [0.25, 0.3) is 0 Å². The van der Waals surface area contributed by atoms with Crippen LogP contribution >= 0.6 is 11.6 Å². The average Bonchev–Trinajstić information content (AvgIpc) is 3.06. The molecule has 3 amide bonds. The number of ether oxygens (including phenoxy) is 2. The summed E-state index contributed by atoms with van der Waals surface area (Å²) in [6.07, 6.45) is 10.5. The Morgan fingerprint density at radius 3 is 2.48 bits per heavy atom. The lowest BCUT2D eigenvalue weighted by molar-refractivity contribution is -0.124. The number of aliphatic hydroxyl groups is 1. The molecule has 1 saturated heterocycles. The fourth-order valence-corrected chi connectivity index (χ4v) is 6.27. The van der Waals surface area contributed by atoms with E-state index in [9.17, 15) is 19.5 Å². The third-order valence-electron chi connectivity index (χ3n) is 8.43. The summed E-state index contributed by atoms with van der Waals surface area (Å²) in [4.78, 5) is 35.9. The van der Waals surface area contributed by atoms with E-state index in [0.717, 1.165) is 57.2 Å². The molecule has 0 aromatic heterocycles. The van der Waals surface area contributed by atoms with Crippen molar-refractivity contribution >= 4 is 30.0 Å². The second kappa shape index (κ2) is 25.7. The third kappa shape index (κ3) is 17.5. The van der Waals surface area contributed by atoms with Gasteiger partial charge >= 0.3 is 6.09 Å². The molecule has 0 spiro atoms. The molecule has 11 heteroatoms. The summed E-state index contributed by atoms with van der Waals surface area (Å²) in [6.45, 7) is 9.70. The normalized spacial score (nSPS) is 18.7. The number of rotatable bonds is 16. The Kier molecular flexibility index (Phi) is 23.2. The van der Waals surface area contributed by atoms with Crippen molar-refractivity contribution in [1.82, 2.24) is 20.9 Å². The van der Waals surface area contributed by atoms with E-state index in [1.54, 1.807) is 0 Å². The molecule has 10 nitrogen and oxygen atoms in total. The third-order valence-corrected chi connectivity index (χ3v) is 8.66. The molecule has 46 heavy (non-hydrogen) atoms. The van der Waals surface area contributed by atoms with E-state index in [1.807, 2.05) is 32.0 Å². The zero-order valence-electron chi connectivity index (χ0n) is 28.9. The summed E-state index contributed by atoms with van der Waals surface area (Å²) in [6, 6.07) is 7.52. The zero-order chi connectivity index (χ0) is 34.2. The van der Waals surface area contributed by atoms with Crippen molar-refractivity contribution in [2.75, 3.05) is 46.9 Å². The highest BCUT2D eigenvalue weighted by atomic mass is 35.5. The summed E-state index contributed by atoms with van der Waals surface area (Å²) in [7, 11) is 3.49. The van der Waals surface area contributed by atoms with Crippen LogP contribution in [0.15, 0.2) is 24.3 Å². The van der Waals surface area contributed by atoms with Gasteiger partial charge in [0.15, 0.2) is 0 Å². The fraction of sp³-hybridized carbons (Fsp3) is 0.743. The van der Waals surface area contributed by atoms with Gasteiger partial charge in [-0.25, -0.2) is 4.79 Å². The molecule has 3 rings (SSSR count). The number of nitrogens with zero attached hydrogens (tertiary/aromatic N) is 1. The summed E-state index contributed by atoms with van der Waals surface area (Å²) >= 11 is 6.14. The molecule has 1 heterocycles. The second-order valence-electron chi connectivity index (χ2n) is 12.0. The van der Waals surface area contributed by atoms with E-state index in [2.05, 4.69) is 45.6 Å². The van der Waals surface area contributed by atoms with Crippen LogP contribution in [0, 0.1) is 11.8 Å². The van der Waals surface area contributed by atoms with E-state index in [0.29, 0.717) is 43.0 Å². The number of likely N-dealkylation sites (tertiary alicyclic amines) is 1. The number of amides is 3. The van der Waals surface area contributed by atoms with Gasteiger partial charge in [0, 0.05) is 30.6 Å². The number of nitrogens with one attached hydrogen (secondary N) is 3. The van der Waals surface area contributed by atoms with Gasteiger partial charge in [0.1, 0.15) is 0 Å². The number of methoxy groups -OCH3 is 1. The van der Waals surface area contributed by atoms with Crippen molar-refractivity contribution in [3.63, 3.8) is 0 Å². The van der Waals surface area contributed by atoms with E-state index in [-0.39, 0.29) is 24.5 Å². The highest BCUT2D eigenvalue weighted by Crippen LogP contribution is 2.33. The van der Waals surface area contributed by atoms with Gasteiger partial charge in [-0.15, -0.1) is 0 Å². The SMILES string of the molecule is CC.CCCCNC(=O)CC(O)C(CC1CCCCC1)NC=O.COC(=O)NCCOC(c1cccc(Cl)c1)C1CCCN(C)C1. The lowest BCUT2D eigenvalue weighted by atomic mass is 9.83. The number of carbonyl (C=O) groups excluding carboxylic acids is 3. The van der Waals surface area contributed by atoms with Crippen LogP contribution in [0.5, 0.6) is 0 Å². The van der Waals surface area contributed by atoms with Gasteiger partial charge in [-0.05, 0) is 62.9 Å². The van der Waals surface area contributed by atoms with Crippen molar-refractivity contribution in [2.24, 2.45) is 11.8 Å². The Bertz CT molecular complexity index is 965. The molecular formula is C35H61ClN4O6. The monoisotopic (exact) mass is 668 g/mol. The number of aliphatic hydroxyl groups excluding tert-OH is 1. The largest absolute Gasteiger partial charge is 0.453 e. The van der Waals surface area contributed by atoms with Crippen LogP contribution in [-0.4, -0.2) is 87.5 Å². The van der Waals surface area contributed by atoms with Gasteiger partial charge in [-0.3, -0.25) is 9.59 Å². The number of piperidine rings is 1. The molecule has 2 fully saturated rings. The summed E-state index contributed by atoms with van der Waals surface area (Å²) in [5.41, 5.74) is 1.09. The lowest BCUT2D eigenvalue weighted by Crippen LogP contribution is -2.43. The Balaban J connectivity index is 0.000000438.